The smallest absolute Gasteiger partial charge is 0.136 e. The average Bonchev–Trinajstić information content (AvgIpc) is 3.88. The van der Waals surface area contributed by atoms with Gasteiger partial charge in [0.15, 0.2) is 0 Å². The summed E-state index contributed by atoms with van der Waals surface area (Å²) in [6.45, 7) is 0. The minimum Gasteiger partial charge on any atom is -0.456 e. The Balaban J connectivity index is 1.24. The molecule has 0 aliphatic heterocycles. The molecule has 0 radical (unpaired) electrons. The Hall–Kier alpha value is -6.42. The lowest BCUT2D eigenvalue weighted by atomic mass is 9.89. The van der Waals surface area contributed by atoms with E-state index in [-0.39, 0.29) is 0 Å². The first-order chi connectivity index (χ1) is 25.3. The molecule has 0 saturated heterocycles. The third-order valence-electron chi connectivity index (χ3n) is 11.0. The highest BCUT2D eigenvalue weighted by atomic mass is 32.1. The third-order valence-corrected chi connectivity index (χ3v) is 12.1. The summed E-state index contributed by atoms with van der Waals surface area (Å²) in [4.78, 5) is 0. The molecule has 51 heavy (non-hydrogen) atoms. The van der Waals surface area contributed by atoms with Crippen molar-refractivity contribution < 1.29 is 4.42 Å². The van der Waals surface area contributed by atoms with Gasteiger partial charge in [-0.1, -0.05) is 127 Å². The highest BCUT2D eigenvalue weighted by Crippen LogP contribution is 2.51. The molecule has 3 aromatic heterocycles. The lowest BCUT2D eigenvalue weighted by Crippen LogP contribution is -1.94. The monoisotopic (exact) mass is 665 g/mol. The Bertz CT molecular complexity index is 3410. The number of hydrogen-bond acceptors (Lipinski definition) is 2. The number of thiophene rings is 1. The zero-order chi connectivity index (χ0) is 33.2. The SMILES string of the molecule is c1ccc2c(c1)oc1cccc(-c3ccc(-n4c5ccccc5c5c6c7ccccc7c7ccccc7c6c6c7ccccc7sc6c54)cc3)c12. The van der Waals surface area contributed by atoms with E-state index in [0.29, 0.717) is 0 Å². The van der Waals surface area contributed by atoms with Crippen molar-refractivity contribution in [2.24, 2.45) is 0 Å². The summed E-state index contributed by atoms with van der Waals surface area (Å²) >= 11 is 1.92. The summed E-state index contributed by atoms with van der Waals surface area (Å²) in [5.41, 5.74) is 7.83. The fourth-order valence-electron chi connectivity index (χ4n) is 8.90. The van der Waals surface area contributed by atoms with Gasteiger partial charge in [0, 0.05) is 53.5 Å². The van der Waals surface area contributed by atoms with Crippen LogP contribution in [0.3, 0.4) is 0 Å². The van der Waals surface area contributed by atoms with Gasteiger partial charge in [-0.25, -0.2) is 0 Å². The lowest BCUT2D eigenvalue weighted by molar-refractivity contribution is 0.669. The average molecular weight is 666 g/mol. The molecular weight excluding hydrogens is 639 g/mol. The molecule has 12 aromatic rings. The molecule has 12 rings (SSSR count). The molecule has 9 aromatic carbocycles. The Kier molecular flexibility index (Phi) is 5.41. The van der Waals surface area contributed by atoms with Crippen molar-refractivity contribution in [3.63, 3.8) is 0 Å². The Morgan fingerprint density at radius 3 is 1.75 bits per heavy atom. The molecule has 0 N–H and O–H groups in total. The summed E-state index contributed by atoms with van der Waals surface area (Å²) in [5.74, 6) is 0. The van der Waals surface area contributed by atoms with E-state index < -0.39 is 0 Å². The minimum atomic E-state index is 0.916. The van der Waals surface area contributed by atoms with E-state index in [1.54, 1.807) is 0 Å². The Labute approximate surface area is 296 Å². The van der Waals surface area contributed by atoms with Crippen LogP contribution in [0.2, 0.25) is 0 Å². The fraction of sp³-hybridized carbons (Fsp3) is 0. The fourth-order valence-corrected chi connectivity index (χ4v) is 10.2. The molecule has 2 nitrogen and oxygen atoms in total. The second-order valence-corrected chi connectivity index (χ2v) is 14.6. The molecule has 0 bridgehead atoms. The predicted molar refractivity (Wildman–Crippen MR) is 219 cm³/mol. The largest absolute Gasteiger partial charge is 0.456 e. The summed E-state index contributed by atoms with van der Waals surface area (Å²) < 4.78 is 11.4. The van der Waals surface area contributed by atoms with Crippen molar-refractivity contribution >= 4 is 108 Å². The number of aromatic nitrogens is 1. The molecule has 0 amide bonds. The van der Waals surface area contributed by atoms with Gasteiger partial charge in [0.05, 0.1) is 15.7 Å². The van der Waals surface area contributed by atoms with Crippen molar-refractivity contribution in [3.05, 3.63) is 164 Å². The Morgan fingerprint density at radius 2 is 0.980 bits per heavy atom. The van der Waals surface area contributed by atoms with Crippen LogP contribution in [0.25, 0.3) is 113 Å². The van der Waals surface area contributed by atoms with E-state index >= 15 is 0 Å². The van der Waals surface area contributed by atoms with Gasteiger partial charge in [0.2, 0.25) is 0 Å². The van der Waals surface area contributed by atoms with Crippen LogP contribution >= 0.6 is 11.3 Å². The highest BCUT2D eigenvalue weighted by molar-refractivity contribution is 7.27. The molecule has 0 atom stereocenters. The van der Waals surface area contributed by atoms with Gasteiger partial charge >= 0.3 is 0 Å². The lowest BCUT2D eigenvalue weighted by Gasteiger charge is -2.15. The van der Waals surface area contributed by atoms with Crippen molar-refractivity contribution in [1.82, 2.24) is 4.57 Å². The summed E-state index contributed by atoms with van der Waals surface area (Å²) in [7, 11) is 0. The van der Waals surface area contributed by atoms with Gasteiger partial charge in [0.25, 0.3) is 0 Å². The van der Waals surface area contributed by atoms with Gasteiger partial charge < -0.3 is 8.98 Å². The number of fused-ring (bicyclic) bond motifs is 18. The van der Waals surface area contributed by atoms with Crippen LogP contribution in [-0.2, 0) is 0 Å². The number of furan rings is 1. The van der Waals surface area contributed by atoms with E-state index in [0.717, 1.165) is 27.6 Å². The topological polar surface area (TPSA) is 18.1 Å². The van der Waals surface area contributed by atoms with Crippen LogP contribution in [0.15, 0.2) is 168 Å². The van der Waals surface area contributed by atoms with Crippen LogP contribution in [0.4, 0.5) is 0 Å². The van der Waals surface area contributed by atoms with E-state index in [1.807, 2.05) is 17.4 Å². The first-order valence-corrected chi connectivity index (χ1v) is 18.3. The number of benzene rings is 9. The standard InChI is InChI=1S/C48H27NOS/c1-3-14-33-31(12-1)32-13-2-4-15-34(32)44-43(33)45-35-16-5-8-20-38(35)49(47(45)48-46(44)37-18-7-10-23-41(37)51-48)29-26-24-28(25-27-29)30-19-11-22-40-42(30)36-17-6-9-21-39(36)50-40/h1-27H. The van der Waals surface area contributed by atoms with E-state index in [9.17, 15) is 0 Å². The molecule has 0 aliphatic carbocycles. The maximum atomic E-state index is 6.25. The molecule has 3 heterocycles. The minimum absolute atomic E-state index is 0.916. The van der Waals surface area contributed by atoms with Crippen molar-refractivity contribution in [3.8, 4) is 16.8 Å². The van der Waals surface area contributed by atoms with Gasteiger partial charge in [-0.15, -0.1) is 11.3 Å². The first-order valence-electron chi connectivity index (χ1n) is 17.4. The molecule has 3 heteroatoms. The van der Waals surface area contributed by atoms with Crippen molar-refractivity contribution in [2.75, 3.05) is 0 Å². The van der Waals surface area contributed by atoms with Crippen molar-refractivity contribution in [2.45, 2.75) is 0 Å². The second kappa shape index (κ2) is 10.1. The van der Waals surface area contributed by atoms with E-state index in [1.165, 1.54) is 85.4 Å². The zero-order valence-electron chi connectivity index (χ0n) is 27.4. The van der Waals surface area contributed by atoms with Crippen LogP contribution in [-0.4, -0.2) is 4.57 Å². The van der Waals surface area contributed by atoms with Gasteiger partial charge in [-0.3, -0.25) is 0 Å². The van der Waals surface area contributed by atoms with Crippen LogP contribution < -0.4 is 0 Å². The maximum absolute atomic E-state index is 6.25. The molecule has 236 valence electrons. The summed E-state index contributed by atoms with van der Waals surface area (Å²) in [6, 6.07) is 59.7. The Morgan fingerprint density at radius 1 is 0.392 bits per heavy atom. The van der Waals surface area contributed by atoms with E-state index in [2.05, 4.69) is 162 Å². The van der Waals surface area contributed by atoms with Crippen LogP contribution in [0.5, 0.6) is 0 Å². The molecule has 0 fully saturated rings. The normalized spacial score (nSPS) is 12.3. The zero-order valence-corrected chi connectivity index (χ0v) is 28.2. The molecule has 0 saturated carbocycles. The number of para-hydroxylation sites is 2. The number of hydrogen-bond donors (Lipinski definition) is 0. The van der Waals surface area contributed by atoms with Crippen molar-refractivity contribution in [1.29, 1.82) is 0 Å². The first kappa shape index (κ1) is 27.4. The molecular formula is C48H27NOS. The quantitative estimate of drug-likeness (QED) is 0.168. The van der Waals surface area contributed by atoms with Gasteiger partial charge in [-0.2, -0.15) is 0 Å². The third kappa shape index (κ3) is 3.60. The van der Waals surface area contributed by atoms with E-state index in [4.69, 9.17) is 4.42 Å². The summed E-state index contributed by atoms with van der Waals surface area (Å²) in [6.07, 6.45) is 0. The predicted octanol–water partition coefficient (Wildman–Crippen LogP) is 14.2. The summed E-state index contributed by atoms with van der Waals surface area (Å²) in [5, 5.41) is 15.5. The number of rotatable bonds is 2. The van der Waals surface area contributed by atoms with Gasteiger partial charge in [-0.05, 0) is 69.1 Å². The molecule has 0 aliphatic rings. The second-order valence-electron chi connectivity index (χ2n) is 13.5. The van der Waals surface area contributed by atoms with Gasteiger partial charge in [0.1, 0.15) is 11.2 Å². The van der Waals surface area contributed by atoms with Crippen LogP contribution in [0.1, 0.15) is 0 Å². The number of nitrogens with zero attached hydrogens (tertiary/aromatic N) is 1. The highest BCUT2D eigenvalue weighted by Gasteiger charge is 2.24. The molecule has 0 unspecified atom stereocenters. The van der Waals surface area contributed by atoms with Crippen LogP contribution in [0, 0.1) is 0 Å². The molecule has 0 spiro atoms. The maximum Gasteiger partial charge on any atom is 0.136 e.